The van der Waals surface area contributed by atoms with Crippen LogP contribution in [0, 0.1) is 21.4 Å². The average Bonchev–Trinajstić information content (AvgIpc) is 3.04. The minimum Gasteiger partial charge on any atom is -0.376 e. The first-order chi connectivity index (χ1) is 10.6. The number of carbonyl (C=O) groups is 1. The van der Waals surface area contributed by atoms with E-state index in [0.717, 1.165) is 12.8 Å². The van der Waals surface area contributed by atoms with Gasteiger partial charge >= 0.3 is 0 Å². The predicted octanol–water partition coefficient (Wildman–Crippen LogP) is 1.80. The lowest BCUT2D eigenvalue weighted by Crippen LogP contribution is -2.32. The van der Waals surface area contributed by atoms with E-state index in [2.05, 4.69) is 5.32 Å². The van der Waals surface area contributed by atoms with Crippen LogP contribution in [0.3, 0.4) is 0 Å². The summed E-state index contributed by atoms with van der Waals surface area (Å²) < 4.78 is 5.39. The Hall–Kier alpha value is -2.72. The number of amides is 1. The molecule has 1 aromatic rings. The standard InChI is InChI=1S/C15H15N3O4/c16-9-12(15(19)17-10-14-5-2-6-22-14)7-11-3-1-4-13(8-11)18(20)21/h1,3-4,7-8,14H,2,5-6,10H2,(H,17,19)/b12-7-. The number of non-ortho nitro benzene ring substituents is 1. The van der Waals surface area contributed by atoms with Gasteiger partial charge in [-0.15, -0.1) is 0 Å². The highest BCUT2D eigenvalue weighted by Crippen LogP contribution is 2.16. The summed E-state index contributed by atoms with van der Waals surface area (Å²) in [7, 11) is 0. The van der Waals surface area contributed by atoms with Crippen LogP contribution in [0.15, 0.2) is 29.8 Å². The number of carbonyl (C=O) groups excluding carboxylic acids is 1. The second-order valence-electron chi connectivity index (χ2n) is 4.87. The molecular formula is C15H15N3O4. The summed E-state index contributed by atoms with van der Waals surface area (Å²) in [5.41, 5.74) is 0.238. The number of nitrogens with one attached hydrogen (secondary N) is 1. The van der Waals surface area contributed by atoms with Crippen molar-refractivity contribution in [1.82, 2.24) is 5.32 Å². The number of rotatable bonds is 5. The first-order valence-electron chi connectivity index (χ1n) is 6.86. The molecule has 1 atom stereocenters. The monoisotopic (exact) mass is 301 g/mol. The van der Waals surface area contributed by atoms with Crippen molar-refractivity contribution >= 4 is 17.7 Å². The molecule has 7 heteroatoms. The lowest BCUT2D eigenvalue weighted by Gasteiger charge is -2.10. The Labute approximate surface area is 127 Å². The van der Waals surface area contributed by atoms with Crippen molar-refractivity contribution in [3.8, 4) is 6.07 Å². The maximum atomic E-state index is 12.0. The molecule has 1 amide bonds. The quantitative estimate of drug-likeness (QED) is 0.386. The highest BCUT2D eigenvalue weighted by molar-refractivity contribution is 6.01. The number of nitriles is 1. The van der Waals surface area contributed by atoms with Gasteiger partial charge in [0, 0.05) is 25.3 Å². The Morgan fingerprint density at radius 3 is 3.05 bits per heavy atom. The third kappa shape index (κ3) is 4.14. The molecule has 1 aliphatic heterocycles. The van der Waals surface area contributed by atoms with E-state index in [9.17, 15) is 14.9 Å². The normalized spacial score (nSPS) is 17.8. The molecule has 1 N–H and O–H groups in total. The van der Waals surface area contributed by atoms with Crippen molar-refractivity contribution in [2.75, 3.05) is 13.2 Å². The van der Waals surface area contributed by atoms with Crippen molar-refractivity contribution in [3.63, 3.8) is 0 Å². The van der Waals surface area contributed by atoms with Crippen molar-refractivity contribution in [2.24, 2.45) is 0 Å². The molecule has 0 radical (unpaired) electrons. The number of nitro groups is 1. The Kier molecular flexibility index (Phi) is 5.22. The smallest absolute Gasteiger partial charge is 0.270 e. The van der Waals surface area contributed by atoms with E-state index < -0.39 is 10.8 Å². The van der Waals surface area contributed by atoms with Gasteiger partial charge in [0.15, 0.2) is 0 Å². The molecule has 0 aliphatic carbocycles. The lowest BCUT2D eigenvalue weighted by atomic mass is 10.1. The van der Waals surface area contributed by atoms with Gasteiger partial charge in [0.05, 0.1) is 11.0 Å². The number of hydrogen-bond acceptors (Lipinski definition) is 5. The largest absolute Gasteiger partial charge is 0.376 e. The highest BCUT2D eigenvalue weighted by atomic mass is 16.6. The molecule has 0 spiro atoms. The van der Waals surface area contributed by atoms with Crippen LogP contribution in [0.1, 0.15) is 18.4 Å². The molecular weight excluding hydrogens is 286 g/mol. The van der Waals surface area contributed by atoms with E-state index in [1.807, 2.05) is 6.07 Å². The third-order valence-electron chi connectivity index (χ3n) is 3.27. The molecule has 1 heterocycles. The van der Waals surface area contributed by atoms with Crippen LogP contribution in [-0.4, -0.2) is 30.1 Å². The molecule has 1 saturated heterocycles. The van der Waals surface area contributed by atoms with Gasteiger partial charge in [0.1, 0.15) is 11.6 Å². The van der Waals surface area contributed by atoms with Crippen molar-refractivity contribution in [3.05, 3.63) is 45.5 Å². The Bertz CT molecular complexity index is 642. The van der Waals surface area contributed by atoms with Gasteiger partial charge < -0.3 is 10.1 Å². The van der Waals surface area contributed by atoms with Crippen molar-refractivity contribution < 1.29 is 14.5 Å². The Morgan fingerprint density at radius 2 is 2.41 bits per heavy atom. The van der Waals surface area contributed by atoms with Crippen LogP contribution < -0.4 is 5.32 Å². The Morgan fingerprint density at radius 1 is 1.59 bits per heavy atom. The topological polar surface area (TPSA) is 105 Å². The van der Waals surface area contributed by atoms with Crippen LogP contribution in [0.5, 0.6) is 0 Å². The molecule has 114 valence electrons. The van der Waals surface area contributed by atoms with E-state index in [0.29, 0.717) is 18.7 Å². The summed E-state index contributed by atoms with van der Waals surface area (Å²) in [5.74, 6) is -0.510. The van der Waals surface area contributed by atoms with Gasteiger partial charge in [-0.05, 0) is 24.5 Å². The highest BCUT2D eigenvalue weighted by Gasteiger charge is 2.17. The third-order valence-corrected chi connectivity index (χ3v) is 3.27. The van der Waals surface area contributed by atoms with E-state index >= 15 is 0 Å². The zero-order valence-electron chi connectivity index (χ0n) is 11.8. The van der Waals surface area contributed by atoms with Gasteiger partial charge in [-0.1, -0.05) is 12.1 Å². The van der Waals surface area contributed by atoms with Gasteiger partial charge in [-0.2, -0.15) is 5.26 Å². The molecule has 1 aromatic carbocycles. The van der Waals surface area contributed by atoms with Crippen LogP contribution in [-0.2, 0) is 9.53 Å². The van der Waals surface area contributed by atoms with Crippen LogP contribution in [0.25, 0.3) is 6.08 Å². The number of nitrogens with zero attached hydrogens (tertiary/aromatic N) is 2. The zero-order chi connectivity index (χ0) is 15.9. The van der Waals surface area contributed by atoms with E-state index in [1.165, 1.54) is 24.3 Å². The molecule has 1 aliphatic rings. The van der Waals surface area contributed by atoms with Crippen LogP contribution in [0.4, 0.5) is 5.69 Å². The maximum Gasteiger partial charge on any atom is 0.270 e. The molecule has 22 heavy (non-hydrogen) atoms. The summed E-state index contributed by atoms with van der Waals surface area (Å²) in [5, 5.41) is 22.4. The molecule has 1 unspecified atom stereocenters. The molecule has 0 bridgehead atoms. The zero-order valence-corrected chi connectivity index (χ0v) is 11.8. The summed E-state index contributed by atoms with van der Waals surface area (Å²) in [6, 6.07) is 7.57. The first-order valence-corrected chi connectivity index (χ1v) is 6.86. The average molecular weight is 301 g/mol. The van der Waals surface area contributed by atoms with Gasteiger partial charge in [0.25, 0.3) is 11.6 Å². The minimum absolute atomic E-state index is 0.0123. The van der Waals surface area contributed by atoms with Crippen molar-refractivity contribution in [1.29, 1.82) is 5.26 Å². The molecule has 1 fully saturated rings. The fourth-order valence-corrected chi connectivity index (χ4v) is 2.15. The van der Waals surface area contributed by atoms with Gasteiger partial charge in [0.2, 0.25) is 0 Å². The summed E-state index contributed by atoms with van der Waals surface area (Å²) in [6.45, 7) is 1.04. The molecule has 7 nitrogen and oxygen atoms in total. The van der Waals surface area contributed by atoms with Crippen LogP contribution >= 0.6 is 0 Å². The summed E-state index contributed by atoms with van der Waals surface area (Å²) >= 11 is 0. The van der Waals surface area contributed by atoms with Crippen LogP contribution in [0.2, 0.25) is 0 Å². The second-order valence-corrected chi connectivity index (χ2v) is 4.87. The molecule has 2 rings (SSSR count). The lowest BCUT2D eigenvalue weighted by molar-refractivity contribution is -0.384. The first kappa shape index (κ1) is 15.7. The van der Waals surface area contributed by atoms with E-state index in [1.54, 1.807) is 6.07 Å². The number of benzene rings is 1. The van der Waals surface area contributed by atoms with Gasteiger partial charge in [-0.25, -0.2) is 0 Å². The number of ether oxygens (including phenoxy) is 1. The fourth-order valence-electron chi connectivity index (χ4n) is 2.15. The van der Waals surface area contributed by atoms with E-state index in [-0.39, 0.29) is 17.4 Å². The number of nitro benzene ring substituents is 1. The Balaban J connectivity index is 2.06. The SMILES string of the molecule is N#C/C(=C/c1cccc([N+](=O)[O-])c1)C(=O)NCC1CCCO1. The van der Waals surface area contributed by atoms with E-state index in [4.69, 9.17) is 10.00 Å². The fraction of sp³-hybridized carbons (Fsp3) is 0.333. The molecule has 0 aromatic heterocycles. The predicted molar refractivity (Wildman–Crippen MR) is 78.7 cm³/mol. The number of hydrogen-bond donors (Lipinski definition) is 1. The minimum atomic E-state index is -0.527. The van der Waals surface area contributed by atoms with Crippen molar-refractivity contribution in [2.45, 2.75) is 18.9 Å². The molecule has 0 saturated carbocycles. The van der Waals surface area contributed by atoms with Gasteiger partial charge in [-0.3, -0.25) is 14.9 Å². The maximum absolute atomic E-state index is 12.0. The summed E-state index contributed by atoms with van der Waals surface area (Å²) in [6.07, 6.45) is 3.17. The summed E-state index contributed by atoms with van der Waals surface area (Å²) in [4.78, 5) is 22.2. The second kappa shape index (κ2) is 7.33.